The first-order valence-electron chi connectivity index (χ1n) is 9.79. The van der Waals surface area contributed by atoms with Crippen molar-refractivity contribution in [1.82, 2.24) is 19.7 Å². The van der Waals surface area contributed by atoms with Gasteiger partial charge in [0.15, 0.2) is 0 Å². The van der Waals surface area contributed by atoms with Gasteiger partial charge in [-0.25, -0.2) is 4.68 Å². The molecule has 0 radical (unpaired) electrons. The molecule has 2 aliphatic rings. The van der Waals surface area contributed by atoms with Crippen LogP contribution in [0.3, 0.4) is 0 Å². The Hall–Kier alpha value is -2.80. The van der Waals surface area contributed by atoms with Crippen molar-refractivity contribution in [2.45, 2.75) is 37.2 Å². The maximum atomic E-state index is 13.1. The minimum absolute atomic E-state index is 0.161. The first-order valence-corrected chi connectivity index (χ1v) is 10.8. The van der Waals surface area contributed by atoms with Gasteiger partial charge < -0.3 is 10.3 Å². The highest BCUT2D eigenvalue weighted by Crippen LogP contribution is 2.45. The molecule has 0 amide bonds. The number of ketones is 1. The Balaban J connectivity index is 1.52. The van der Waals surface area contributed by atoms with E-state index >= 15 is 0 Å². The third kappa shape index (κ3) is 3.40. The number of aromatic amines is 1. The molecule has 0 spiro atoms. The summed E-state index contributed by atoms with van der Waals surface area (Å²) >= 11 is 1.60. The fraction of sp³-hybridized carbons (Fsp3) is 0.318. The molecule has 0 saturated carbocycles. The van der Waals surface area contributed by atoms with Crippen LogP contribution in [0.25, 0.3) is 0 Å². The lowest BCUT2D eigenvalue weighted by molar-refractivity contribution is -0.125. The number of fused-ring (bicyclic) bond motifs is 2. The van der Waals surface area contributed by atoms with Crippen LogP contribution in [-0.4, -0.2) is 25.5 Å². The highest BCUT2D eigenvalue weighted by molar-refractivity contribution is 7.98. The van der Waals surface area contributed by atoms with E-state index in [2.05, 4.69) is 42.4 Å². The standard InChI is InChI=1S/C22H23N5OS/c1-22(2)10-16-18(17(28)11-22)19(15-8-9-23-12-15)27-20(24-16)25-21(26-27)29-13-14-6-4-3-5-7-14/h3-10,12,18-19,23H,11,13H2,1-2H3,(H,24,25,26)/t18-,19-/m0/s1. The summed E-state index contributed by atoms with van der Waals surface area (Å²) in [7, 11) is 0. The fourth-order valence-electron chi connectivity index (χ4n) is 4.25. The molecule has 2 atom stereocenters. The van der Waals surface area contributed by atoms with E-state index in [-0.39, 0.29) is 23.2 Å². The molecule has 0 unspecified atom stereocenters. The number of nitrogens with zero attached hydrogens (tertiary/aromatic N) is 3. The van der Waals surface area contributed by atoms with E-state index in [0.29, 0.717) is 17.5 Å². The molecular weight excluding hydrogens is 382 g/mol. The van der Waals surface area contributed by atoms with Crippen molar-refractivity contribution < 1.29 is 4.79 Å². The smallest absolute Gasteiger partial charge is 0.227 e. The minimum atomic E-state index is -0.264. The summed E-state index contributed by atoms with van der Waals surface area (Å²) in [5.41, 5.74) is 3.05. The van der Waals surface area contributed by atoms with E-state index in [0.717, 1.165) is 17.0 Å². The molecule has 1 aliphatic heterocycles. The molecular formula is C22H23N5OS. The number of allylic oxidation sites excluding steroid dienone is 2. The van der Waals surface area contributed by atoms with Gasteiger partial charge in [-0.15, -0.1) is 5.10 Å². The van der Waals surface area contributed by atoms with E-state index in [9.17, 15) is 4.79 Å². The number of nitrogens with one attached hydrogen (secondary N) is 2. The molecule has 0 saturated heterocycles. The zero-order valence-corrected chi connectivity index (χ0v) is 17.2. The first-order chi connectivity index (χ1) is 14.0. The molecule has 3 aromatic rings. The summed E-state index contributed by atoms with van der Waals surface area (Å²) < 4.78 is 1.88. The average molecular weight is 406 g/mol. The van der Waals surface area contributed by atoms with Crippen LogP contribution < -0.4 is 5.32 Å². The van der Waals surface area contributed by atoms with Crippen LogP contribution >= 0.6 is 11.8 Å². The normalized spacial score (nSPS) is 22.4. The SMILES string of the molecule is CC1(C)C=C2Nc3nc(SCc4ccccc4)nn3[C@@H](c3cc[nH]c3)[C@@H]2C(=O)C1. The first kappa shape index (κ1) is 18.2. The van der Waals surface area contributed by atoms with Gasteiger partial charge in [-0.1, -0.05) is 62.0 Å². The monoisotopic (exact) mass is 405 g/mol. The van der Waals surface area contributed by atoms with Crippen LogP contribution in [0.4, 0.5) is 5.95 Å². The van der Waals surface area contributed by atoms with Crippen molar-refractivity contribution in [3.05, 3.63) is 71.7 Å². The summed E-state index contributed by atoms with van der Waals surface area (Å²) in [5.74, 6) is 1.47. The molecule has 6 nitrogen and oxygen atoms in total. The zero-order valence-electron chi connectivity index (χ0n) is 16.4. The van der Waals surface area contributed by atoms with Gasteiger partial charge in [0.25, 0.3) is 0 Å². The van der Waals surface area contributed by atoms with Crippen LogP contribution in [-0.2, 0) is 10.5 Å². The van der Waals surface area contributed by atoms with Crippen molar-refractivity contribution in [3.8, 4) is 0 Å². The lowest BCUT2D eigenvalue weighted by atomic mass is 9.72. The Bertz CT molecular complexity index is 1070. The quantitative estimate of drug-likeness (QED) is 0.629. The molecule has 1 aliphatic carbocycles. The number of thioether (sulfide) groups is 1. The van der Waals surface area contributed by atoms with Gasteiger partial charge in [0.05, 0.1) is 12.0 Å². The number of anilines is 1. The number of hydrogen-bond acceptors (Lipinski definition) is 5. The predicted molar refractivity (Wildman–Crippen MR) is 114 cm³/mol. The lowest BCUT2D eigenvalue weighted by Gasteiger charge is -2.39. The molecule has 5 rings (SSSR count). The van der Waals surface area contributed by atoms with Crippen LogP contribution in [0.15, 0.2) is 65.7 Å². The van der Waals surface area contributed by atoms with E-state index in [1.165, 1.54) is 5.56 Å². The van der Waals surface area contributed by atoms with Gasteiger partial charge in [-0.3, -0.25) is 4.79 Å². The molecule has 148 valence electrons. The minimum Gasteiger partial charge on any atom is -0.367 e. The van der Waals surface area contributed by atoms with Crippen molar-refractivity contribution in [2.75, 3.05) is 5.32 Å². The van der Waals surface area contributed by atoms with Crippen molar-refractivity contribution in [2.24, 2.45) is 11.3 Å². The number of hydrogen-bond donors (Lipinski definition) is 2. The van der Waals surface area contributed by atoms with Crippen molar-refractivity contribution >= 4 is 23.5 Å². The summed E-state index contributed by atoms with van der Waals surface area (Å²) in [4.78, 5) is 21.0. The number of carbonyl (C=O) groups is 1. The third-order valence-corrected chi connectivity index (χ3v) is 6.39. The number of H-pyrrole nitrogens is 1. The molecule has 0 bridgehead atoms. The molecule has 2 aromatic heterocycles. The third-order valence-electron chi connectivity index (χ3n) is 5.48. The summed E-state index contributed by atoms with van der Waals surface area (Å²) in [5, 5.41) is 8.89. The topological polar surface area (TPSA) is 75.6 Å². The van der Waals surface area contributed by atoms with Gasteiger partial charge in [0.1, 0.15) is 5.78 Å². The Morgan fingerprint density at radius 1 is 1.24 bits per heavy atom. The van der Waals surface area contributed by atoms with Gasteiger partial charge in [-0.05, 0) is 22.6 Å². The molecule has 7 heteroatoms. The van der Waals surface area contributed by atoms with Crippen molar-refractivity contribution in [1.29, 1.82) is 0 Å². The molecule has 1 aromatic carbocycles. The van der Waals surface area contributed by atoms with Crippen LogP contribution in [0.2, 0.25) is 0 Å². The molecule has 0 fully saturated rings. The van der Waals surface area contributed by atoms with Crippen molar-refractivity contribution in [3.63, 3.8) is 0 Å². The maximum absolute atomic E-state index is 13.1. The largest absolute Gasteiger partial charge is 0.367 e. The van der Waals surface area contributed by atoms with E-state index < -0.39 is 0 Å². The Labute approximate surface area is 173 Å². The zero-order chi connectivity index (χ0) is 20.0. The molecule has 3 heterocycles. The fourth-order valence-corrected chi connectivity index (χ4v) is 5.03. The summed E-state index contributed by atoms with van der Waals surface area (Å²) in [6.07, 6.45) is 6.56. The van der Waals surface area contributed by atoms with E-state index in [1.54, 1.807) is 11.8 Å². The Morgan fingerprint density at radius 3 is 2.83 bits per heavy atom. The van der Waals surface area contributed by atoms with Gasteiger partial charge in [0.2, 0.25) is 11.1 Å². The predicted octanol–water partition coefficient (Wildman–Crippen LogP) is 4.41. The second-order valence-electron chi connectivity index (χ2n) is 8.36. The summed E-state index contributed by atoms with van der Waals surface area (Å²) in [6.45, 7) is 4.20. The van der Waals surface area contributed by atoms with Crippen LogP contribution in [0, 0.1) is 11.3 Å². The highest BCUT2D eigenvalue weighted by Gasteiger charge is 2.45. The van der Waals surface area contributed by atoms with Crippen LogP contribution in [0.5, 0.6) is 0 Å². The number of carbonyl (C=O) groups excluding carboxylic acids is 1. The number of aromatic nitrogens is 4. The average Bonchev–Trinajstić information content (AvgIpc) is 3.34. The van der Waals surface area contributed by atoms with Gasteiger partial charge in [0, 0.05) is 30.3 Å². The number of benzene rings is 1. The highest BCUT2D eigenvalue weighted by atomic mass is 32.2. The van der Waals surface area contributed by atoms with Gasteiger partial charge >= 0.3 is 0 Å². The number of Topliss-reactive ketones (excluding diaryl/α,β-unsaturated/α-hetero) is 1. The van der Waals surface area contributed by atoms with E-state index in [1.807, 2.05) is 41.3 Å². The molecule has 2 N–H and O–H groups in total. The van der Waals surface area contributed by atoms with E-state index in [4.69, 9.17) is 10.1 Å². The maximum Gasteiger partial charge on any atom is 0.227 e. The molecule has 29 heavy (non-hydrogen) atoms. The number of rotatable bonds is 4. The second-order valence-corrected chi connectivity index (χ2v) is 9.30. The second kappa shape index (κ2) is 6.91. The Kier molecular flexibility index (Phi) is 4.35. The van der Waals surface area contributed by atoms with Gasteiger partial charge in [-0.2, -0.15) is 4.98 Å². The van der Waals surface area contributed by atoms with Crippen LogP contribution in [0.1, 0.15) is 37.4 Å². The summed E-state index contributed by atoms with van der Waals surface area (Å²) in [6, 6.07) is 12.1. The lowest BCUT2D eigenvalue weighted by Crippen LogP contribution is -2.41. The Morgan fingerprint density at radius 2 is 2.07 bits per heavy atom.